The molecule has 0 saturated carbocycles. The quantitative estimate of drug-likeness (QED) is 0.662. The van der Waals surface area contributed by atoms with E-state index in [2.05, 4.69) is 4.98 Å². The fourth-order valence-electron chi connectivity index (χ4n) is 1.69. The summed E-state index contributed by atoms with van der Waals surface area (Å²) < 4.78 is 5.10. The Morgan fingerprint density at radius 2 is 2.06 bits per heavy atom. The van der Waals surface area contributed by atoms with Crippen LogP contribution in [0.1, 0.15) is 21.5 Å². The summed E-state index contributed by atoms with van der Waals surface area (Å²) in [4.78, 5) is 16.3. The first-order chi connectivity index (χ1) is 8.61. The van der Waals surface area contributed by atoms with Crippen molar-refractivity contribution >= 4 is 11.5 Å². The van der Waals surface area contributed by atoms with Gasteiger partial charge in [0.25, 0.3) is 0 Å². The van der Waals surface area contributed by atoms with E-state index in [4.69, 9.17) is 10.5 Å². The van der Waals surface area contributed by atoms with Crippen LogP contribution in [0.3, 0.4) is 0 Å². The minimum atomic E-state index is -0.150. The molecule has 0 bridgehead atoms. The van der Waals surface area contributed by atoms with Crippen molar-refractivity contribution in [1.29, 1.82) is 0 Å². The first-order valence-electron chi connectivity index (χ1n) is 5.51. The summed E-state index contributed by atoms with van der Waals surface area (Å²) in [5.74, 6) is 0.454. The van der Waals surface area contributed by atoms with Crippen LogP contribution >= 0.6 is 0 Å². The lowest BCUT2D eigenvalue weighted by molar-refractivity contribution is 0.103. The number of carbonyl (C=O) groups excluding carboxylic acids is 1. The van der Waals surface area contributed by atoms with Crippen molar-refractivity contribution in [2.24, 2.45) is 0 Å². The number of hydrogen-bond donors (Lipinski definition) is 1. The van der Waals surface area contributed by atoms with Gasteiger partial charge in [-0.1, -0.05) is 0 Å². The second kappa shape index (κ2) is 4.87. The Hall–Kier alpha value is -2.36. The highest BCUT2D eigenvalue weighted by molar-refractivity contribution is 6.12. The number of nitrogen functional groups attached to an aromatic ring is 1. The number of benzene rings is 1. The van der Waals surface area contributed by atoms with Gasteiger partial charge in [0.15, 0.2) is 5.78 Å². The Balaban J connectivity index is 2.45. The summed E-state index contributed by atoms with van der Waals surface area (Å²) in [5.41, 5.74) is 8.14. The zero-order valence-corrected chi connectivity index (χ0v) is 10.3. The topological polar surface area (TPSA) is 65.2 Å². The van der Waals surface area contributed by atoms with Crippen LogP contribution in [0, 0.1) is 6.92 Å². The Labute approximate surface area is 105 Å². The van der Waals surface area contributed by atoms with Gasteiger partial charge >= 0.3 is 0 Å². The zero-order valence-electron chi connectivity index (χ0n) is 10.3. The molecule has 0 unspecified atom stereocenters. The molecular weight excluding hydrogens is 228 g/mol. The van der Waals surface area contributed by atoms with Gasteiger partial charge in [-0.05, 0) is 36.8 Å². The molecule has 2 N–H and O–H groups in total. The number of ether oxygens (including phenoxy) is 1. The number of nitrogens with two attached hydrogens (primary N) is 1. The largest absolute Gasteiger partial charge is 0.497 e. The van der Waals surface area contributed by atoms with Crippen molar-refractivity contribution in [1.82, 2.24) is 4.98 Å². The maximum Gasteiger partial charge on any atom is 0.196 e. The van der Waals surface area contributed by atoms with Crippen LogP contribution in [-0.2, 0) is 0 Å². The van der Waals surface area contributed by atoms with Crippen LogP contribution in [0.25, 0.3) is 0 Å². The van der Waals surface area contributed by atoms with Crippen molar-refractivity contribution in [3.63, 3.8) is 0 Å². The normalized spacial score (nSPS) is 10.1. The lowest BCUT2D eigenvalue weighted by atomic mass is 10.0. The van der Waals surface area contributed by atoms with Gasteiger partial charge in [0.1, 0.15) is 5.75 Å². The van der Waals surface area contributed by atoms with Crippen LogP contribution in [0.4, 0.5) is 5.69 Å². The molecule has 1 aromatic carbocycles. The molecule has 92 valence electrons. The van der Waals surface area contributed by atoms with Gasteiger partial charge < -0.3 is 10.5 Å². The number of hydrogen-bond acceptors (Lipinski definition) is 4. The average molecular weight is 242 g/mol. The monoisotopic (exact) mass is 242 g/mol. The molecule has 1 aromatic heterocycles. The number of rotatable bonds is 3. The van der Waals surface area contributed by atoms with Gasteiger partial charge in [-0.15, -0.1) is 0 Å². The zero-order chi connectivity index (χ0) is 13.1. The van der Waals surface area contributed by atoms with Crippen molar-refractivity contribution in [2.75, 3.05) is 12.8 Å². The van der Waals surface area contributed by atoms with Gasteiger partial charge in [-0.25, -0.2) is 0 Å². The number of ketones is 1. The third-order valence-corrected chi connectivity index (χ3v) is 2.64. The van der Waals surface area contributed by atoms with Crippen molar-refractivity contribution in [3.8, 4) is 5.75 Å². The van der Waals surface area contributed by atoms with Gasteiger partial charge in [-0.2, -0.15) is 0 Å². The molecule has 0 atom stereocenters. The molecule has 4 heteroatoms. The van der Waals surface area contributed by atoms with Gasteiger partial charge in [-0.3, -0.25) is 9.78 Å². The highest BCUT2D eigenvalue weighted by Crippen LogP contribution is 2.22. The van der Waals surface area contributed by atoms with E-state index in [1.165, 1.54) is 6.20 Å². The molecule has 18 heavy (non-hydrogen) atoms. The Kier molecular flexibility index (Phi) is 3.28. The molecule has 0 spiro atoms. The number of pyridine rings is 1. The molecule has 0 radical (unpaired) electrons. The summed E-state index contributed by atoms with van der Waals surface area (Å²) in [6.45, 7) is 1.89. The number of methoxy groups -OCH3 is 1. The predicted octanol–water partition coefficient (Wildman–Crippen LogP) is 2.21. The SMILES string of the molecule is COc1ccc(N)c(C(=O)c2cncc(C)c2)c1. The molecular formula is C14H14N2O2. The van der Waals surface area contributed by atoms with Gasteiger partial charge in [0, 0.05) is 29.2 Å². The molecule has 2 rings (SSSR count). The van der Waals surface area contributed by atoms with Crippen LogP contribution in [0.5, 0.6) is 5.75 Å². The number of nitrogens with zero attached hydrogens (tertiary/aromatic N) is 1. The highest BCUT2D eigenvalue weighted by atomic mass is 16.5. The van der Waals surface area contributed by atoms with E-state index in [1.807, 2.05) is 6.92 Å². The van der Waals surface area contributed by atoms with Gasteiger partial charge in [0.2, 0.25) is 0 Å². The predicted molar refractivity (Wildman–Crippen MR) is 69.8 cm³/mol. The molecule has 0 aliphatic carbocycles. The molecule has 0 fully saturated rings. The smallest absolute Gasteiger partial charge is 0.196 e. The van der Waals surface area contributed by atoms with Gasteiger partial charge in [0.05, 0.1) is 7.11 Å². The summed E-state index contributed by atoms with van der Waals surface area (Å²) in [6, 6.07) is 6.81. The molecule has 4 nitrogen and oxygen atoms in total. The number of aryl methyl sites for hydroxylation is 1. The van der Waals surface area contributed by atoms with E-state index in [-0.39, 0.29) is 5.78 Å². The van der Waals surface area contributed by atoms with E-state index in [1.54, 1.807) is 37.6 Å². The average Bonchev–Trinajstić information content (AvgIpc) is 2.38. The molecule has 1 heterocycles. The minimum Gasteiger partial charge on any atom is -0.497 e. The van der Waals surface area contributed by atoms with Crippen LogP contribution in [0.15, 0.2) is 36.7 Å². The maximum atomic E-state index is 12.3. The lowest BCUT2D eigenvalue weighted by Gasteiger charge is -2.07. The number of aromatic nitrogens is 1. The fraction of sp³-hybridized carbons (Fsp3) is 0.143. The molecule has 2 aromatic rings. The number of carbonyl (C=O) groups is 1. The summed E-state index contributed by atoms with van der Waals surface area (Å²) in [5, 5.41) is 0. The molecule has 0 aliphatic heterocycles. The molecule has 0 aliphatic rings. The fourth-order valence-corrected chi connectivity index (χ4v) is 1.69. The van der Waals surface area contributed by atoms with E-state index >= 15 is 0 Å². The van der Waals surface area contributed by atoms with Crippen molar-refractivity contribution in [2.45, 2.75) is 6.92 Å². The van der Waals surface area contributed by atoms with E-state index in [0.717, 1.165) is 5.56 Å². The van der Waals surface area contributed by atoms with Crippen molar-refractivity contribution in [3.05, 3.63) is 53.3 Å². The Morgan fingerprint density at radius 3 is 2.72 bits per heavy atom. The van der Waals surface area contributed by atoms with Crippen LogP contribution < -0.4 is 10.5 Å². The number of anilines is 1. The molecule has 0 saturated heterocycles. The third kappa shape index (κ3) is 2.32. The maximum absolute atomic E-state index is 12.3. The minimum absolute atomic E-state index is 0.150. The first-order valence-corrected chi connectivity index (χ1v) is 5.51. The second-order valence-electron chi connectivity index (χ2n) is 4.03. The lowest BCUT2D eigenvalue weighted by Crippen LogP contribution is -2.06. The van der Waals surface area contributed by atoms with Crippen molar-refractivity contribution < 1.29 is 9.53 Å². The van der Waals surface area contributed by atoms with E-state index < -0.39 is 0 Å². The molecule has 0 amide bonds. The van der Waals surface area contributed by atoms with E-state index in [0.29, 0.717) is 22.6 Å². The summed E-state index contributed by atoms with van der Waals surface area (Å²) in [7, 11) is 1.55. The summed E-state index contributed by atoms with van der Waals surface area (Å²) >= 11 is 0. The summed E-state index contributed by atoms with van der Waals surface area (Å²) in [6.07, 6.45) is 3.24. The second-order valence-corrected chi connectivity index (χ2v) is 4.03. The van der Waals surface area contributed by atoms with E-state index in [9.17, 15) is 4.79 Å². The Bertz CT molecular complexity index is 594. The standard InChI is InChI=1S/C14H14N2O2/c1-9-5-10(8-16-7-9)14(17)12-6-11(18-2)3-4-13(12)15/h3-8H,15H2,1-2H3. The third-order valence-electron chi connectivity index (χ3n) is 2.64. The van der Waals surface area contributed by atoms with Crippen LogP contribution in [-0.4, -0.2) is 17.9 Å². The van der Waals surface area contributed by atoms with Crippen LogP contribution in [0.2, 0.25) is 0 Å². The highest BCUT2D eigenvalue weighted by Gasteiger charge is 2.13. The Morgan fingerprint density at radius 1 is 1.28 bits per heavy atom. The first kappa shape index (κ1) is 12.1.